The van der Waals surface area contributed by atoms with Gasteiger partial charge in [-0.3, -0.25) is 67.5 Å². The second kappa shape index (κ2) is 43.8. The molecule has 1 aliphatic rings. The molecule has 106 heavy (non-hydrogen) atoms. The van der Waals surface area contributed by atoms with Crippen molar-refractivity contribution >= 4 is 88.8 Å². The van der Waals surface area contributed by atoms with Crippen LogP contribution in [-0.4, -0.2) is 249 Å². The second-order valence-electron chi connectivity index (χ2n) is 28.0. The Morgan fingerprint density at radius 3 is 1.72 bits per heavy atom. The summed E-state index contributed by atoms with van der Waals surface area (Å²) < 4.78 is 11.7. The summed E-state index contributed by atoms with van der Waals surface area (Å²) in [6.07, 6.45) is -12.4. The number of hydrogen-bond donors (Lipinski definition) is 19. The van der Waals surface area contributed by atoms with Crippen molar-refractivity contribution in [3.63, 3.8) is 0 Å². The summed E-state index contributed by atoms with van der Waals surface area (Å²) in [4.78, 5) is 196. The molecule has 0 bridgehead atoms. The van der Waals surface area contributed by atoms with E-state index in [1.807, 2.05) is 13.8 Å². The highest BCUT2D eigenvalue weighted by molar-refractivity contribution is 5.99. The molecular weight excluding hydrogens is 1390 g/mol. The number of nitrogens with two attached hydrogens (primary N) is 6. The molecule has 2 rings (SSSR count). The number of carbonyl (C=O) groups excluding carboxylic acids is 13. The number of primary amides is 2. The van der Waals surface area contributed by atoms with E-state index in [4.69, 9.17) is 43.9 Å². The summed E-state index contributed by atoms with van der Waals surface area (Å²) in [6, 6.07) is -12.6. The number of phenols is 1. The van der Waals surface area contributed by atoms with Crippen LogP contribution in [0.2, 0.25) is 0 Å². The van der Waals surface area contributed by atoms with Crippen LogP contribution in [0.5, 0.6) is 5.75 Å². The fraction of sp³-hybridized carbons (Fsp3) is 0.691. The van der Waals surface area contributed by atoms with Crippen LogP contribution >= 0.6 is 0 Å². The van der Waals surface area contributed by atoms with Gasteiger partial charge in [0.15, 0.2) is 18.0 Å². The molecule has 38 nitrogen and oxygen atoms in total. The zero-order valence-electron chi connectivity index (χ0n) is 63.2. The Kier molecular flexibility index (Phi) is 38.2. The van der Waals surface area contributed by atoms with Gasteiger partial charge in [-0.15, -0.1) is 0 Å². The third-order valence-corrected chi connectivity index (χ3v) is 18.5. The number of nitrogens with one attached hydrogen (secondary N) is 8. The number of likely N-dealkylation sites (N-methyl/N-ethyl adjacent to an activating group) is 2. The maximum absolute atomic E-state index is 15.1. The average molecular weight is 1510 g/mol. The third-order valence-electron chi connectivity index (χ3n) is 18.5. The summed E-state index contributed by atoms with van der Waals surface area (Å²) in [6.45, 7) is 17.4. The number of benzene rings is 1. The lowest BCUT2D eigenvalue weighted by atomic mass is 9.87. The molecule has 0 spiro atoms. The fourth-order valence-electron chi connectivity index (χ4n) is 11.7. The van der Waals surface area contributed by atoms with E-state index >= 15 is 14.4 Å². The van der Waals surface area contributed by atoms with Gasteiger partial charge >= 0.3 is 5.97 Å². The Bertz CT molecular complexity index is 3230. The predicted molar refractivity (Wildman–Crippen MR) is 386 cm³/mol. The number of hydrogen-bond acceptors (Lipinski definition) is 22. The van der Waals surface area contributed by atoms with Crippen molar-refractivity contribution in [3.05, 3.63) is 29.8 Å². The highest BCUT2D eigenvalue weighted by Crippen LogP contribution is 2.27. The first-order valence-corrected chi connectivity index (χ1v) is 35.2. The van der Waals surface area contributed by atoms with E-state index in [1.165, 1.54) is 66.1 Å². The topological polar surface area (TPSA) is 625 Å². The number of guanidine groups is 2. The summed E-state index contributed by atoms with van der Waals surface area (Å²) in [5, 5.41) is 75.7. The molecule has 38 heteroatoms. The number of phenolic OH excluding ortho intramolecular Hbond substituents is 1. The van der Waals surface area contributed by atoms with E-state index in [2.05, 4.69) is 52.5 Å². The van der Waals surface area contributed by atoms with Crippen molar-refractivity contribution in [1.29, 1.82) is 0 Å². The van der Waals surface area contributed by atoms with Crippen LogP contribution in [0.1, 0.15) is 146 Å². The summed E-state index contributed by atoms with van der Waals surface area (Å²) in [5.74, 6) is -19.8. The number of aliphatic hydroxyl groups excluding tert-OH is 4. The number of aromatic hydroxyl groups is 1. The van der Waals surface area contributed by atoms with Gasteiger partial charge in [0.25, 0.3) is 5.91 Å². The normalized spacial score (nSPS) is 23.2. The number of esters is 1. The average Bonchev–Trinajstić information content (AvgIpc) is 0.811. The lowest BCUT2D eigenvalue weighted by Crippen LogP contribution is -2.65. The standard InChI is InChI=1S/C68H116N18O20/c1-30(2)28-32(5)51(90)35(8)56(94)77-36(9)57(95)78-42(18-16-26-75-67(71)72)52(91)53(92)63(101)81-47(33(6)34(7)55(70)93)60(98)83-49-39(12)106-66(104)37(10)85(13)65(103)50(54(105-15)40-20-22-41(88)23-21-40)84-59(97)45(24-25-46(69)89)86(14)64(102)44(29-31(3)4)80-58(96)43(19-17-27-76-68(73)74)79-61(99)48(38(11)87)82-62(49)100/h20-23,30-39,42-45,47-54,87-88,90-92H,16-19,24-29H2,1-15H3,(H2,69,89)(H2,70,93)(H,77,94)(H,78,95)(H,79,99)(H,80,96)(H,81,101)(H,82,100)(H,83,98)(H,84,97)(H4,71,72,75)(H4,73,74,76)/t32-,33-,34+,35+,36-,37-,38+,39+,42-,43+,44-,45-,47-,48-,49-,50?,51+,52+,53+,54?/m0/s1. The number of rotatable bonds is 34. The van der Waals surface area contributed by atoms with E-state index in [9.17, 15) is 73.5 Å². The summed E-state index contributed by atoms with van der Waals surface area (Å²) in [7, 11) is 3.47. The van der Waals surface area contributed by atoms with Gasteiger partial charge in [0.1, 0.15) is 78.4 Å². The number of cyclic esters (lactones) is 1. The van der Waals surface area contributed by atoms with Gasteiger partial charge in [-0.05, 0) is 114 Å². The highest BCUT2D eigenvalue weighted by atomic mass is 16.5. The van der Waals surface area contributed by atoms with Gasteiger partial charge in [-0.1, -0.05) is 67.5 Å². The van der Waals surface area contributed by atoms with Crippen LogP contribution in [0.4, 0.5) is 0 Å². The minimum Gasteiger partial charge on any atom is -0.508 e. The molecule has 0 saturated carbocycles. The molecule has 25 N–H and O–H groups in total. The summed E-state index contributed by atoms with van der Waals surface area (Å²) in [5.41, 5.74) is 33.6. The highest BCUT2D eigenvalue weighted by Gasteiger charge is 2.45. The van der Waals surface area contributed by atoms with Crippen molar-refractivity contribution in [2.45, 2.75) is 231 Å². The molecule has 0 aliphatic carbocycles. The molecule has 12 amide bonds. The van der Waals surface area contributed by atoms with Gasteiger partial charge in [-0.25, -0.2) is 4.79 Å². The lowest BCUT2D eigenvalue weighted by Gasteiger charge is -2.36. The third kappa shape index (κ3) is 28.7. The molecule has 1 aromatic rings. The zero-order valence-corrected chi connectivity index (χ0v) is 63.2. The Labute approximate surface area is 617 Å². The first kappa shape index (κ1) is 92.6. The molecule has 20 atom stereocenters. The van der Waals surface area contributed by atoms with Crippen LogP contribution in [0.3, 0.4) is 0 Å². The minimum atomic E-state index is -2.58. The van der Waals surface area contributed by atoms with Crippen molar-refractivity contribution in [2.75, 3.05) is 34.3 Å². The van der Waals surface area contributed by atoms with Gasteiger partial charge < -0.3 is 122 Å². The number of ether oxygens (including phenoxy) is 2. The molecule has 0 radical (unpaired) electrons. The molecule has 1 aromatic carbocycles. The Hall–Kier alpha value is -9.53. The van der Waals surface area contributed by atoms with E-state index in [0.717, 1.165) is 37.6 Å². The zero-order chi connectivity index (χ0) is 81.1. The van der Waals surface area contributed by atoms with Crippen LogP contribution in [0.25, 0.3) is 0 Å². The molecule has 1 fully saturated rings. The minimum absolute atomic E-state index is 0.00975. The first-order chi connectivity index (χ1) is 49.3. The predicted octanol–water partition coefficient (Wildman–Crippen LogP) is -5.44. The van der Waals surface area contributed by atoms with Gasteiger partial charge in [0.2, 0.25) is 65.0 Å². The van der Waals surface area contributed by atoms with E-state index < -0.39 is 204 Å². The van der Waals surface area contributed by atoms with Crippen molar-refractivity contribution in [3.8, 4) is 5.75 Å². The van der Waals surface area contributed by atoms with E-state index in [0.29, 0.717) is 6.42 Å². The van der Waals surface area contributed by atoms with Crippen LogP contribution in [0.15, 0.2) is 34.3 Å². The van der Waals surface area contributed by atoms with Crippen LogP contribution < -0.4 is 76.9 Å². The van der Waals surface area contributed by atoms with Gasteiger partial charge in [-0.2, -0.15) is 0 Å². The molecule has 0 aromatic heterocycles. The number of nitrogens with zero attached hydrogens (tertiary/aromatic N) is 4. The molecule has 1 aliphatic heterocycles. The van der Waals surface area contributed by atoms with Crippen molar-refractivity contribution in [2.24, 2.45) is 79.9 Å². The fourth-order valence-corrected chi connectivity index (χ4v) is 11.7. The molecular formula is C68H116N18O20. The second-order valence-corrected chi connectivity index (χ2v) is 28.0. The van der Waals surface area contributed by atoms with Crippen LogP contribution in [0, 0.1) is 35.5 Å². The maximum Gasteiger partial charge on any atom is 0.328 e. The number of aliphatic imine (C=N–C) groups is 2. The molecule has 2 unspecified atom stereocenters. The van der Waals surface area contributed by atoms with E-state index in [1.54, 1.807) is 20.8 Å². The van der Waals surface area contributed by atoms with E-state index in [-0.39, 0.29) is 86.2 Å². The van der Waals surface area contributed by atoms with Gasteiger partial charge in [0.05, 0.1) is 24.2 Å². The SMILES string of the molecule is COC(c1ccc(O)cc1)C1NC(=O)[C@H](CCC(N)=O)N(C)C(=O)[C@H](CC(C)C)NC(=O)[C@@H](CCCN=C(N)N)NC(=O)[C@H]([C@@H](C)O)NC(=O)[C@@H](NC(=O)[C@@H](NC(=O)[C@H](O)[C@H](O)[C@H](CCCN=C(N)N)NC(=O)[C@H](C)NC(=O)[C@H](C)[C@H](O)[C@@H](C)CC(C)C)[C@@H](C)[C@@H](C)C(N)=O)[C@@H](C)OC(=O)[C@H](C)N(C)C1=O. The Morgan fingerprint density at radius 1 is 0.623 bits per heavy atom. The quantitative estimate of drug-likeness (QED) is 0.0132. The molecule has 1 heterocycles. The number of carbonyl (C=O) groups is 13. The summed E-state index contributed by atoms with van der Waals surface area (Å²) >= 11 is 0. The number of aliphatic hydroxyl groups is 4. The number of methoxy groups -OCH3 is 1. The van der Waals surface area contributed by atoms with Crippen LogP contribution in [-0.2, 0) is 71.8 Å². The monoisotopic (exact) mass is 1500 g/mol. The van der Waals surface area contributed by atoms with Gasteiger partial charge in [0, 0.05) is 46.6 Å². The maximum atomic E-state index is 15.1. The molecule has 1 saturated heterocycles. The smallest absolute Gasteiger partial charge is 0.328 e. The number of amides is 12. The van der Waals surface area contributed by atoms with Crippen molar-refractivity contribution < 1.29 is 97.3 Å². The van der Waals surface area contributed by atoms with Crippen molar-refractivity contribution in [1.82, 2.24) is 52.3 Å². The lowest BCUT2D eigenvalue weighted by molar-refractivity contribution is -0.162. The Morgan fingerprint density at radius 2 is 1.19 bits per heavy atom. The molecule has 598 valence electrons. The first-order valence-electron chi connectivity index (χ1n) is 35.2. The largest absolute Gasteiger partial charge is 0.508 e. The Balaban J connectivity index is 3.02.